The van der Waals surface area contributed by atoms with Crippen LogP contribution in [0.3, 0.4) is 0 Å². The standard InChI is InChI=1S/C19H20ClFN4O/c1-9-6-19(9)8-24-17-14(19)15(20)11(7-23-17)10-4-5-12(22)13(16(10)21)18(26)25(2)3/h4-5,7,9H,6,8,22H2,1-3H3,(H,23,24)/t9-,19-/m0/s1. The molecule has 2 aliphatic rings. The summed E-state index contributed by atoms with van der Waals surface area (Å²) in [6.45, 7) is 2.98. The number of halogens is 2. The number of carbonyl (C=O) groups is 1. The van der Waals surface area contributed by atoms with Crippen LogP contribution in [-0.4, -0.2) is 36.4 Å². The molecule has 7 heteroatoms. The Balaban J connectivity index is 1.90. The minimum atomic E-state index is -0.670. The summed E-state index contributed by atoms with van der Waals surface area (Å²) in [5, 5.41) is 3.80. The summed E-state index contributed by atoms with van der Waals surface area (Å²) in [6, 6.07) is 3.09. The van der Waals surface area contributed by atoms with Gasteiger partial charge in [-0.1, -0.05) is 18.5 Å². The molecule has 136 valence electrons. The van der Waals surface area contributed by atoms with Crippen LogP contribution in [0, 0.1) is 11.7 Å². The fourth-order valence-electron chi connectivity index (χ4n) is 3.92. The molecule has 3 N–H and O–H groups in total. The molecule has 0 saturated heterocycles. The Morgan fingerprint density at radius 1 is 1.42 bits per heavy atom. The summed E-state index contributed by atoms with van der Waals surface area (Å²) in [5.41, 5.74) is 7.49. The van der Waals surface area contributed by atoms with Gasteiger partial charge in [-0.15, -0.1) is 0 Å². The fraction of sp³-hybridized carbons (Fsp3) is 0.368. The molecule has 2 atom stereocenters. The molecule has 1 aromatic carbocycles. The first-order valence-electron chi connectivity index (χ1n) is 8.50. The molecule has 1 aromatic heterocycles. The first-order valence-corrected chi connectivity index (χ1v) is 8.88. The lowest BCUT2D eigenvalue weighted by Gasteiger charge is -2.17. The minimum Gasteiger partial charge on any atom is -0.398 e. The molecule has 1 fully saturated rings. The van der Waals surface area contributed by atoms with E-state index in [4.69, 9.17) is 17.3 Å². The third kappa shape index (κ3) is 2.21. The summed E-state index contributed by atoms with van der Waals surface area (Å²) in [6.07, 6.45) is 2.59. The van der Waals surface area contributed by atoms with Gasteiger partial charge in [-0.25, -0.2) is 9.37 Å². The van der Waals surface area contributed by atoms with Crippen molar-refractivity contribution in [1.29, 1.82) is 0 Å². The monoisotopic (exact) mass is 374 g/mol. The number of nitrogens with zero attached hydrogens (tertiary/aromatic N) is 2. The highest BCUT2D eigenvalue weighted by Gasteiger charge is 2.57. The number of anilines is 2. The Bertz CT molecular complexity index is 946. The first-order chi connectivity index (χ1) is 12.3. The average molecular weight is 375 g/mol. The van der Waals surface area contributed by atoms with Gasteiger partial charge in [0.05, 0.1) is 10.6 Å². The number of fused-ring (bicyclic) bond motifs is 2. The second-order valence-corrected chi connectivity index (χ2v) is 7.79. The van der Waals surface area contributed by atoms with Gasteiger partial charge in [-0.2, -0.15) is 0 Å². The Morgan fingerprint density at radius 2 is 2.12 bits per heavy atom. The quantitative estimate of drug-likeness (QED) is 0.789. The molecule has 2 aromatic rings. The van der Waals surface area contributed by atoms with Crippen LogP contribution in [0.25, 0.3) is 11.1 Å². The predicted molar refractivity (Wildman–Crippen MR) is 101 cm³/mol. The number of pyridine rings is 1. The van der Waals surface area contributed by atoms with E-state index in [-0.39, 0.29) is 22.2 Å². The molecule has 1 saturated carbocycles. The highest BCUT2D eigenvalue weighted by Crippen LogP contribution is 2.61. The number of nitrogens with one attached hydrogen (secondary N) is 1. The van der Waals surface area contributed by atoms with Gasteiger partial charge in [0.2, 0.25) is 0 Å². The van der Waals surface area contributed by atoms with E-state index in [1.807, 2.05) is 0 Å². The number of carbonyl (C=O) groups excluding carboxylic acids is 1. The largest absolute Gasteiger partial charge is 0.398 e. The van der Waals surface area contributed by atoms with Crippen molar-refractivity contribution >= 4 is 29.0 Å². The van der Waals surface area contributed by atoms with E-state index in [9.17, 15) is 4.79 Å². The van der Waals surface area contributed by atoms with Gasteiger partial charge in [-0.3, -0.25) is 4.79 Å². The van der Waals surface area contributed by atoms with Gasteiger partial charge in [0.15, 0.2) is 0 Å². The fourth-order valence-corrected chi connectivity index (χ4v) is 4.35. The first kappa shape index (κ1) is 17.1. The highest BCUT2D eigenvalue weighted by molar-refractivity contribution is 6.34. The van der Waals surface area contributed by atoms with Crippen LogP contribution in [-0.2, 0) is 5.41 Å². The maximum absolute atomic E-state index is 15.2. The SMILES string of the molecule is C[C@H]1C[C@]12CNc1ncc(-c3ccc(N)c(C(=O)N(C)C)c3F)c(Cl)c12. The smallest absolute Gasteiger partial charge is 0.258 e. The average Bonchev–Trinajstić information content (AvgIpc) is 3.07. The molecule has 1 amide bonds. The van der Waals surface area contributed by atoms with Gasteiger partial charge in [-0.05, 0) is 24.5 Å². The molecule has 1 aliphatic heterocycles. The number of rotatable bonds is 2. The third-order valence-corrected chi connectivity index (χ3v) is 6.02. The van der Waals surface area contributed by atoms with Crippen LogP contribution in [0.5, 0.6) is 0 Å². The lowest BCUT2D eigenvalue weighted by atomic mass is 9.93. The normalized spacial score (nSPS) is 22.9. The van der Waals surface area contributed by atoms with Crippen LogP contribution >= 0.6 is 11.6 Å². The molecule has 4 rings (SSSR count). The zero-order valence-corrected chi connectivity index (χ0v) is 15.6. The van der Waals surface area contributed by atoms with Gasteiger partial charge in [0, 0.05) is 54.6 Å². The number of benzene rings is 1. The van der Waals surface area contributed by atoms with Gasteiger partial charge >= 0.3 is 0 Å². The molecule has 0 bridgehead atoms. The molecular weight excluding hydrogens is 355 g/mol. The maximum Gasteiger partial charge on any atom is 0.258 e. The third-order valence-electron chi connectivity index (χ3n) is 5.62. The molecular formula is C19H20ClFN4O. The van der Waals surface area contributed by atoms with E-state index in [1.165, 1.54) is 11.0 Å². The Labute approximate surface area is 156 Å². The van der Waals surface area contributed by atoms with Gasteiger partial charge in [0.25, 0.3) is 5.91 Å². The lowest BCUT2D eigenvalue weighted by molar-refractivity contribution is 0.0824. The van der Waals surface area contributed by atoms with Crippen molar-refractivity contribution in [2.75, 3.05) is 31.7 Å². The van der Waals surface area contributed by atoms with E-state index in [2.05, 4.69) is 17.2 Å². The molecule has 0 unspecified atom stereocenters. The highest BCUT2D eigenvalue weighted by atomic mass is 35.5. The molecule has 0 radical (unpaired) electrons. The van der Waals surface area contributed by atoms with Crippen LogP contribution in [0.4, 0.5) is 15.9 Å². The van der Waals surface area contributed by atoms with E-state index >= 15 is 4.39 Å². The van der Waals surface area contributed by atoms with Crippen molar-refractivity contribution in [3.63, 3.8) is 0 Å². The molecule has 1 spiro atoms. The van der Waals surface area contributed by atoms with Crippen molar-refractivity contribution in [2.45, 2.75) is 18.8 Å². The van der Waals surface area contributed by atoms with Crippen molar-refractivity contribution in [3.05, 3.63) is 40.3 Å². The Kier molecular flexibility index (Phi) is 3.67. The number of hydrogen-bond acceptors (Lipinski definition) is 4. The second kappa shape index (κ2) is 5.58. The van der Waals surface area contributed by atoms with Gasteiger partial charge < -0.3 is 16.0 Å². The number of nitrogens with two attached hydrogens (primary N) is 1. The van der Waals surface area contributed by atoms with Gasteiger partial charge in [0.1, 0.15) is 11.6 Å². The summed E-state index contributed by atoms with van der Waals surface area (Å²) >= 11 is 6.71. The zero-order valence-electron chi connectivity index (χ0n) is 14.9. The lowest BCUT2D eigenvalue weighted by Crippen LogP contribution is -2.24. The minimum absolute atomic E-state index is 0.0119. The second-order valence-electron chi connectivity index (χ2n) is 7.42. The number of amides is 1. The van der Waals surface area contributed by atoms with Crippen molar-refractivity contribution in [2.24, 2.45) is 5.92 Å². The summed E-state index contributed by atoms with van der Waals surface area (Å²) < 4.78 is 15.2. The van der Waals surface area contributed by atoms with E-state index < -0.39 is 11.7 Å². The molecule has 5 nitrogen and oxygen atoms in total. The topological polar surface area (TPSA) is 71.2 Å². The maximum atomic E-state index is 15.2. The van der Waals surface area contributed by atoms with E-state index in [0.29, 0.717) is 16.5 Å². The van der Waals surface area contributed by atoms with Crippen LogP contribution in [0.1, 0.15) is 29.3 Å². The van der Waals surface area contributed by atoms with Crippen LogP contribution < -0.4 is 11.1 Å². The van der Waals surface area contributed by atoms with Crippen LogP contribution in [0.2, 0.25) is 5.02 Å². The molecule has 1 aliphatic carbocycles. The summed E-state index contributed by atoms with van der Waals surface area (Å²) in [5.74, 6) is 0.119. The van der Waals surface area contributed by atoms with Crippen molar-refractivity contribution in [3.8, 4) is 11.1 Å². The molecule has 26 heavy (non-hydrogen) atoms. The number of nitrogen functional groups attached to an aromatic ring is 1. The van der Waals surface area contributed by atoms with Crippen molar-refractivity contribution in [1.82, 2.24) is 9.88 Å². The number of aromatic nitrogens is 1. The predicted octanol–water partition coefficient (Wildman–Crippen LogP) is 3.53. The molecule has 2 heterocycles. The Hall–Kier alpha value is -2.34. The van der Waals surface area contributed by atoms with Crippen molar-refractivity contribution < 1.29 is 9.18 Å². The summed E-state index contributed by atoms with van der Waals surface area (Å²) in [7, 11) is 3.11. The Morgan fingerprint density at radius 3 is 2.73 bits per heavy atom. The van der Waals surface area contributed by atoms with E-state index in [0.717, 1.165) is 24.3 Å². The number of hydrogen-bond donors (Lipinski definition) is 2. The van der Waals surface area contributed by atoms with Crippen LogP contribution in [0.15, 0.2) is 18.3 Å². The van der Waals surface area contributed by atoms with E-state index in [1.54, 1.807) is 26.4 Å². The summed E-state index contributed by atoms with van der Waals surface area (Å²) in [4.78, 5) is 18.1. The zero-order chi connectivity index (χ0) is 18.8.